The minimum absolute atomic E-state index is 0.112. The number of hydrogen-bond acceptors (Lipinski definition) is 6. The van der Waals surface area contributed by atoms with Crippen molar-refractivity contribution in [1.82, 2.24) is 29.5 Å². The fourth-order valence-electron chi connectivity index (χ4n) is 3.52. The second kappa shape index (κ2) is 9.19. The lowest BCUT2D eigenvalue weighted by Crippen LogP contribution is -2.23. The number of thioether (sulfide) groups is 1. The zero-order chi connectivity index (χ0) is 23.7. The van der Waals surface area contributed by atoms with Crippen molar-refractivity contribution in [2.24, 2.45) is 7.05 Å². The first-order chi connectivity index (χ1) is 15.8. The van der Waals surface area contributed by atoms with Gasteiger partial charge in [-0.25, -0.2) is 0 Å². The van der Waals surface area contributed by atoms with E-state index in [2.05, 4.69) is 51.6 Å². The molecule has 4 aromatic rings. The summed E-state index contributed by atoms with van der Waals surface area (Å²) in [7, 11) is 1.86. The second-order valence-electron chi connectivity index (χ2n) is 8.06. The van der Waals surface area contributed by atoms with Crippen LogP contribution in [0.1, 0.15) is 29.4 Å². The number of hydrogen-bond donors (Lipinski definition) is 1. The van der Waals surface area contributed by atoms with Gasteiger partial charge in [-0.3, -0.25) is 19.0 Å². The molecular formula is C24H27N7OS. The maximum atomic E-state index is 13.0. The van der Waals surface area contributed by atoms with Crippen molar-refractivity contribution in [3.05, 3.63) is 65.2 Å². The monoisotopic (exact) mass is 461 g/mol. The van der Waals surface area contributed by atoms with Crippen LogP contribution in [-0.4, -0.2) is 40.7 Å². The minimum Gasteiger partial charge on any atom is -0.322 e. The maximum Gasteiger partial charge on any atom is 0.237 e. The molecule has 0 spiro atoms. The van der Waals surface area contributed by atoms with Crippen molar-refractivity contribution in [1.29, 1.82) is 0 Å². The van der Waals surface area contributed by atoms with Crippen LogP contribution in [0, 0.1) is 27.7 Å². The Morgan fingerprint density at radius 3 is 2.39 bits per heavy atom. The van der Waals surface area contributed by atoms with E-state index in [9.17, 15) is 4.79 Å². The van der Waals surface area contributed by atoms with Gasteiger partial charge < -0.3 is 5.32 Å². The molecule has 0 bridgehead atoms. The molecule has 1 unspecified atom stereocenters. The Morgan fingerprint density at radius 2 is 1.76 bits per heavy atom. The molecule has 1 amide bonds. The van der Waals surface area contributed by atoms with Crippen molar-refractivity contribution in [2.75, 3.05) is 5.32 Å². The van der Waals surface area contributed by atoms with Gasteiger partial charge in [-0.1, -0.05) is 17.8 Å². The first-order valence-corrected chi connectivity index (χ1v) is 11.6. The highest BCUT2D eigenvalue weighted by Gasteiger charge is 2.23. The first kappa shape index (κ1) is 22.7. The van der Waals surface area contributed by atoms with Gasteiger partial charge in [0.1, 0.15) is 0 Å². The molecule has 1 atom stereocenters. The summed E-state index contributed by atoms with van der Waals surface area (Å²) < 4.78 is 3.76. The third-order valence-corrected chi connectivity index (χ3v) is 6.77. The van der Waals surface area contributed by atoms with Crippen molar-refractivity contribution >= 4 is 23.4 Å². The number of nitrogens with zero attached hydrogens (tertiary/aromatic N) is 6. The van der Waals surface area contributed by atoms with E-state index in [1.807, 2.05) is 50.6 Å². The van der Waals surface area contributed by atoms with E-state index in [4.69, 9.17) is 0 Å². The lowest BCUT2D eigenvalue weighted by Gasteiger charge is -2.15. The SMILES string of the molecule is Cc1ccc(-n2c(SC(C)C(=O)Nc3c(C)nn(C)c3C)nnc2-c2ccncc2)cc1C. The van der Waals surface area contributed by atoms with Crippen LogP contribution in [0.25, 0.3) is 17.1 Å². The Bertz CT molecular complexity index is 1310. The van der Waals surface area contributed by atoms with E-state index in [1.165, 1.54) is 22.9 Å². The summed E-state index contributed by atoms with van der Waals surface area (Å²) in [4.78, 5) is 17.1. The molecule has 3 heterocycles. The molecule has 0 aliphatic heterocycles. The highest BCUT2D eigenvalue weighted by atomic mass is 32.2. The van der Waals surface area contributed by atoms with Gasteiger partial charge in [-0.05, 0) is 70.0 Å². The summed E-state index contributed by atoms with van der Waals surface area (Å²) >= 11 is 1.37. The molecule has 0 saturated heterocycles. The van der Waals surface area contributed by atoms with E-state index in [1.54, 1.807) is 17.1 Å². The molecule has 9 heteroatoms. The van der Waals surface area contributed by atoms with E-state index in [-0.39, 0.29) is 5.91 Å². The number of aryl methyl sites for hydroxylation is 4. The summed E-state index contributed by atoms with van der Waals surface area (Å²) in [6.45, 7) is 9.85. The highest BCUT2D eigenvalue weighted by Crippen LogP contribution is 2.31. The number of pyridine rings is 1. The Hall–Kier alpha value is -3.46. The smallest absolute Gasteiger partial charge is 0.237 e. The predicted octanol–water partition coefficient (Wildman–Crippen LogP) is 4.42. The Kier molecular flexibility index (Phi) is 6.33. The fourth-order valence-corrected chi connectivity index (χ4v) is 4.39. The summed E-state index contributed by atoms with van der Waals surface area (Å²) in [5, 5.41) is 16.6. The van der Waals surface area contributed by atoms with Gasteiger partial charge in [0, 0.05) is 25.0 Å². The zero-order valence-electron chi connectivity index (χ0n) is 19.6. The highest BCUT2D eigenvalue weighted by molar-refractivity contribution is 8.00. The van der Waals surface area contributed by atoms with Crippen LogP contribution in [0.5, 0.6) is 0 Å². The van der Waals surface area contributed by atoms with Gasteiger partial charge in [-0.2, -0.15) is 5.10 Å². The normalized spacial score (nSPS) is 12.1. The predicted molar refractivity (Wildman–Crippen MR) is 131 cm³/mol. The van der Waals surface area contributed by atoms with Crippen LogP contribution in [-0.2, 0) is 11.8 Å². The topological polar surface area (TPSA) is 90.5 Å². The standard InChI is InChI=1S/C24H27N7OS/c1-14-7-8-20(13-15(14)2)31-22(19-9-11-25-12-10-19)27-28-24(31)33-18(5)23(32)26-21-16(3)29-30(6)17(21)4/h7-13,18H,1-6H3,(H,26,32). The average Bonchev–Trinajstić information content (AvgIpc) is 3.32. The number of rotatable bonds is 6. The van der Waals surface area contributed by atoms with Crippen LogP contribution >= 0.6 is 11.8 Å². The average molecular weight is 462 g/mol. The van der Waals surface area contributed by atoms with Crippen LogP contribution in [0.3, 0.4) is 0 Å². The number of carbonyl (C=O) groups is 1. The number of benzene rings is 1. The van der Waals surface area contributed by atoms with E-state index in [0.717, 1.165) is 28.3 Å². The Balaban J connectivity index is 1.68. The second-order valence-corrected chi connectivity index (χ2v) is 9.37. The number of nitrogens with one attached hydrogen (secondary N) is 1. The molecule has 33 heavy (non-hydrogen) atoms. The quantitative estimate of drug-likeness (QED) is 0.428. The van der Waals surface area contributed by atoms with Crippen LogP contribution in [0.15, 0.2) is 47.9 Å². The largest absolute Gasteiger partial charge is 0.322 e. The number of aromatic nitrogens is 6. The summed E-state index contributed by atoms with van der Waals surface area (Å²) in [5.41, 5.74) is 6.69. The molecule has 0 aliphatic carbocycles. The molecule has 1 aromatic carbocycles. The number of carbonyl (C=O) groups excluding carboxylic acids is 1. The fraction of sp³-hybridized carbons (Fsp3) is 0.292. The third-order valence-electron chi connectivity index (χ3n) is 5.73. The van der Waals surface area contributed by atoms with Gasteiger partial charge in [0.25, 0.3) is 0 Å². The van der Waals surface area contributed by atoms with Gasteiger partial charge >= 0.3 is 0 Å². The summed E-state index contributed by atoms with van der Waals surface area (Å²) in [6, 6.07) is 10.0. The third kappa shape index (κ3) is 4.54. The molecule has 1 N–H and O–H groups in total. The van der Waals surface area contributed by atoms with Gasteiger partial charge in [0.15, 0.2) is 11.0 Å². The van der Waals surface area contributed by atoms with Crippen molar-refractivity contribution in [3.8, 4) is 17.1 Å². The summed E-state index contributed by atoms with van der Waals surface area (Å²) in [5.74, 6) is 0.592. The van der Waals surface area contributed by atoms with E-state index in [0.29, 0.717) is 11.0 Å². The maximum absolute atomic E-state index is 13.0. The molecule has 3 aromatic heterocycles. The van der Waals surface area contributed by atoms with Gasteiger partial charge in [0.05, 0.1) is 28.0 Å². The van der Waals surface area contributed by atoms with Crippen LogP contribution in [0.4, 0.5) is 5.69 Å². The molecule has 0 radical (unpaired) electrons. The molecule has 0 fully saturated rings. The molecular weight excluding hydrogens is 434 g/mol. The van der Waals surface area contributed by atoms with Crippen molar-refractivity contribution in [2.45, 2.75) is 45.0 Å². The van der Waals surface area contributed by atoms with Gasteiger partial charge in [-0.15, -0.1) is 10.2 Å². The Morgan fingerprint density at radius 1 is 1.03 bits per heavy atom. The van der Waals surface area contributed by atoms with Crippen molar-refractivity contribution in [3.63, 3.8) is 0 Å². The minimum atomic E-state index is -0.399. The van der Waals surface area contributed by atoms with Crippen molar-refractivity contribution < 1.29 is 4.79 Å². The van der Waals surface area contributed by atoms with Crippen LogP contribution in [0.2, 0.25) is 0 Å². The number of amides is 1. The number of anilines is 1. The van der Waals surface area contributed by atoms with Crippen LogP contribution < -0.4 is 5.32 Å². The van der Waals surface area contributed by atoms with E-state index >= 15 is 0 Å². The molecule has 170 valence electrons. The molecule has 4 rings (SSSR count). The molecule has 0 aliphatic rings. The molecule has 8 nitrogen and oxygen atoms in total. The van der Waals surface area contributed by atoms with E-state index < -0.39 is 5.25 Å². The van der Waals surface area contributed by atoms with Gasteiger partial charge in [0.2, 0.25) is 5.91 Å². The summed E-state index contributed by atoms with van der Waals surface area (Å²) in [6.07, 6.45) is 3.46. The first-order valence-electron chi connectivity index (χ1n) is 10.7. The lowest BCUT2D eigenvalue weighted by atomic mass is 10.1. The zero-order valence-corrected chi connectivity index (χ0v) is 20.4. The lowest BCUT2D eigenvalue weighted by molar-refractivity contribution is -0.115. The molecule has 0 saturated carbocycles. The Labute approximate surface area is 197 Å².